The van der Waals surface area contributed by atoms with Gasteiger partial charge in [0.2, 0.25) is 0 Å². The van der Waals surface area contributed by atoms with Crippen molar-refractivity contribution < 1.29 is 10.2 Å². The van der Waals surface area contributed by atoms with E-state index < -0.39 is 20.3 Å². The summed E-state index contributed by atoms with van der Waals surface area (Å²) in [5, 5.41) is 20.8. The van der Waals surface area contributed by atoms with E-state index in [2.05, 4.69) is 25.2 Å². The SMILES string of the molecule is C[C@@H](O)[C@H](O)[C@H](C)[Si](C)(C)c1ccccc1. The Morgan fingerprint density at radius 2 is 1.50 bits per heavy atom. The predicted octanol–water partition coefficient (Wildman–Crippen LogP) is 1.73. The Labute approximate surface area is 99.0 Å². The summed E-state index contributed by atoms with van der Waals surface area (Å²) < 4.78 is 0. The van der Waals surface area contributed by atoms with Gasteiger partial charge in [-0.05, 0) is 12.5 Å². The van der Waals surface area contributed by atoms with Gasteiger partial charge in [0.25, 0.3) is 0 Å². The smallest absolute Gasteiger partial charge is 0.0860 e. The number of aliphatic hydroxyl groups is 2. The average molecular weight is 238 g/mol. The second-order valence-electron chi connectivity index (χ2n) is 5.11. The van der Waals surface area contributed by atoms with E-state index in [9.17, 15) is 10.2 Å². The normalized spacial score (nSPS) is 17.9. The Bertz CT molecular complexity index is 322. The van der Waals surface area contributed by atoms with E-state index in [-0.39, 0.29) is 5.54 Å². The number of aliphatic hydroxyl groups excluding tert-OH is 2. The molecular formula is C13H22O2Si. The molecular weight excluding hydrogens is 216 g/mol. The van der Waals surface area contributed by atoms with Crippen LogP contribution in [0.25, 0.3) is 0 Å². The Morgan fingerprint density at radius 3 is 1.94 bits per heavy atom. The van der Waals surface area contributed by atoms with E-state index in [0.717, 1.165) is 0 Å². The number of hydrogen-bond donors (Lipinski definition) is 2. The molecule has 90 valence electrons. The molecule has 0 saturated carbocycles. The summed E-state index contributed by atoms with van der Waals surface area (Å²) in [6.07, 6.45) is -1.30. The Kier molecular flexibility index (Phi) is 4.30. The van der Waals surface area contributed by atoms with Crippen LogP contribution in [0.4, 0.5) is 0 Å². The lowest BCUT2D eigenvalue weighted by atomic mass is 10.2. The third kappa shape index (κ3) is 2.73. The fraction of sp³-hybridized carbons (Fsp3) is 0.538. The number of hydrogen-bond acceptors (Lipinski definition) is 2. The predicted molar refractivity (Wildman–Crippen MR) is 70.7 cm³/mol. The van der Waals surface area contributed by atoms with Crippen LogP contribution in [0.15, 0.2) is 30.3 Å². The Balaban J connectivity index is 2.93. The average Bonchev–Trinajstić information content (AvgIpc) is 2.28. The lowest BCUT2D eigenvalue weighted by Crippen LogP contribution is -2.50. The summed E-state index contributed by atoms with van der Waals surface area (Å²) in [5.41, 5.74) is 0.134. The number of benzene rings is 1. The first-order valence-corrected chi connectivity index (χ1v) is 8.86. The van der Waals surface area contributed by atoms with Crippen molar-refractivity contribution in [2.75, 3.05) is 0 Å². The summed E-state index contributed by atoms with van der Waals surface area (Å²) in [4.78, 5) is 0. The topological polar surface area (TPSA) is 40.5 Å². The van der Waals surface area contributed by atoms with E-state index in [0.29, 0.717) is 0 Å². The van der Waals surface area contributed by atoms with Crippen molar-refractivity contribution in [2.45, 2.75) is 44.7 Å². The molecule has 0 aliphatic rings. The molecule has 0 aliphatic heterocycles. The third-order valence-electron chi connectivity index (χ3n) is 3.66. The minimum Gasteiger partial charge on any atom is -0.391 e. The van der Waals surface area contributed by atoms with Crippen LogP contribution in [0.2, 0.25) is 18.6 Å². The molecule has 1 aromatic carbocycles. The minimum absolute atomic E-state index is 0.134. The molecule has 0 bridgehead atoms. The molecule has 0 aromatic heterocycles. The highest BCUT2D eigenvalue weighted by atomic mass is 28.3. The highest BCUT2D eigenvalue weighted by Crippen LogP contribution is 2.26. The van der Waals surface area contributed by atoms with E-state index in [1.165, 1.54) is 5.19 Å². The minimum atomic E-state index is -1.72. The highest BCUT2D eigenvalue weighted by Gasteiger charge is 2.36. The van der Waals surface area contributed by atoms with E-state index in [4.69, 9.17) is 0 Å². The number of rotatable bonds is 4. The lowest BCUT2D eigenvalue weighted by molar-refractivity contribution is 0.0284. The highest BCUT2D eigenvalue weighted by molar-refractivity contribution is 6.91. The zero-order chi connectivity index (χ0) is 12.3. The van der Waals surface area contributed by atoms with Crippen LogP contribution in [0.5, 0.6) is 0 Å². The van der Waals surface area contributed by atoms with Crippen molar-refractivity contribution in [2.24, 2.45) is 0 Å². The van der Waals surface area contributed by atoms with Gasteiger partial charge in [0.1, 0.15) is 0 Å². The van der Waals surface area contributed by atoms with Crippen molar-refractivity contribution in [3.05, 3.63) is 30.3 Å². The molecule has 0 amide bonds. The maximum atomic E-state index is 9.98. The van der Waals surface area contributed by atoms with E-state index in [1.54, 1.807) is 6.92 Å². The van der Waals surface area contributed by atoms with Gasteiger partial charge in [0.15, 0.2) is 0 Å². The molecule has 3 atom stereocenters. The standard InChI is InChI=1S/C13H22O2Si/c1-10(14)13(15)11(2)16(3,4)12-8-6-5-7-9-12/h5-11,13-15H,1-4H3/t10-,11+,13+/m1/s1. The van der Waals surface area contributed by atoms with Crippen LogP contribution in [0, 0.1) is 0 Å². The van der Waals surface area contributed by atoms with Crippen molar-refractivity contribution in [1.82, 2.24) is 0 Å². The maximum Gasteiger partial charge on any atom is 0.0860 e. The molecule has 3 heteroatoms. The molecule has 0 radical (unpaired) electrons. The second kappa shape index (κ2) is 5.12. The molecule has 16 heavy (non-hydrogen) atoms. The van der Waals surface area contributed by atoms with Gasteiger partial charge in [-0.1, -0.05) is 55.5 Å². The second-order valence-corrected chi connectivity index (χ2v) is 10.0. The molecule has 0 spiro atoms. The molecule has 2 N–H and O–H groups in total. The summed E-state index contributed by atoms with van der Waals surface area (Å²) >= 11 is 0. The van der Waals surface area contributed by atoms with Crippen molar-refractivity contribution in [3.63, 3.8) is 0 Å². The van der Waals surface area contributed by atoms with Crippen LogP contribution in [0.3, 0.4) is 0 Å². The van der Waals surface area contributed by atoms with Gasteiger partial charge in [-0.15, -0.1) is 0 Å². The van der Waals surface area contributed by atoms with Crippen molar-refractivity contribution >= 4 is 13.3 Å². The van der Waals surface area contributed by atoms with Gasteiger partial charge >= 0.3 is 0 Å². The molecule has 1 rings (SSSR count). The molecule has 0 heterocycles. The van der Waals surface area contributed by atoms with E-state index >= 15 is 0 Å². The summed E-state index contributed by atoms with van der Waals surface area (Å²) in [5.74, 6) is 0. The zero-order valence-electron chi connectivity index (χ0n) is 10.5. The first kappa shape index (κ1) is 13.4. The summed E-state index contributed by atoms with van der Waals surface area (Å²) in [6.45, 7) is 8.16. The summed E-state index contributed by atoms with van der Waals surface area (Å²) in [7, 11) is -1.72. The van der Waals surface area contributed by atoms with Crippen LogP contribution in [-0.2, 0) is 0 Å². The zero-order valence-corrected chi connectivity index (χ0v) is 11.5. The fourth-order valence-electron chi connectivity index (χ4n) is 1.98. The van der Waals surface area contributed by atoms with Gasteiger partial charge in [0.05, 0.1) is 20.3 Å². The van der Waals surface area contributed by atoms with Gasteiger partial charge in [-0.25, -0.2) is 0 Å². The Hall–Kier alpha value is -0.643. The van der Waals surface area contributed by atoms with E-state index in [1.807, 2.05) is 25.1 Å². The van der Waals surface area contributed by atoms with Gasteiger partial charge in [-0.3, -0.25) is 0 Å². The summed E-state index contributed by atoms with van der Waals surface area (Å²) in [6, 6.07) is 10.3. The maximum absolute atomic E-state index is 9.98. The van der Waals surface area contributed by atoms with Crippen LogP contribution in [-0.4, -0.2) is 30.5 Å². The first-order chi connectivity index (χ1) is 7.37. The van der Waals surface area contributed by atoms with Crippen molar-refractivity contribution in [1.29, 1.82) is 0 Å². The lowest BCUT2D eigenvalue weighted by Gasteiger charge is -2.34. The molecule has 0 saturated heterocycles. The van der Waals surface area contributed by atoms with Crippen LogP contribution in [0.1, 0.15) is 13.8 Å². The molecule has 0 fully saturated rings. The molecule has 2 nitrogen and oxygen atoms in total. The van der Waals surface area contributed by atoms with Gasteiger partial charge in [0, 0.05) is 0 Å². The third-order valence-corrected chi connectivity index (χ3v) is 8.10. The van der Waals surface area contributed by atoms with Crippen LogP contribution >= 0.6 is 0 Å². The van der Waals surface area contributed by atoms with Gasteiger partial charge < -0.3 is 10.2 Å². The largest absolute Gasteiger partial charge is 0.391 e. The quantitative estimate of drug-likeness (QED) is 0.784. The Morgan fingerprint density at radius 1 is 1.00 bits per heavy atom. The van der Waals surface area contributed by atoms with Crippen molar-refractivity contribution in [3.8, 4) is 0 Å². The molecule has 0 aliphatic carbocycles. The monoisotopic (exact) mass is 238 g/mol. The molecule has 1 aromatic rings. The fourth-order valence-corrected chi connectivity index (χ4v) is 4.68. The van der Waals surface area contributed by atoms with Crippen LogP contribution < -0.4 is 5.19 Å². The first-order valence-electron chi connectivity index (χ1n) is 5.79. The van der Waals surface area contributed by atoms with Gasteiger partial charge in [-0.2, -0.15) is 0 Å². The molecule has 0 unspecified atom stereocenters.